The zero-order chi connectivity index (χ0) is 17.9. The molecule has 25 heavy (non-hydrogen) atoms. The Bertz CT molecular complexity index is 652. The predicted octanol–water partition coefficient (Wildman–Crippen LogP) is 1.84. The number of benzene rings is 1. The first-order valence-electron chi connectivity index (χ1n) is 8.99. The molecule has 0 unspecified atom stereocenters. The van der Waals surface area contributed by atoms with Gasteiger partial charge in [0.2, 0.25) is 0 Å². The molecule has 0 aliphatic rings. The van der Waals surface area contributed by atoms with Crippen LogP contribution in [0, 0.1) is 0 Å². The summed E-state index contributed by atoms with van der Waals surface area (Å²) in [6, 6.07) is 8.41. The number of methoxy groups -OCH3 is 1. The topological polar surface area (TPSA) is 64.7 Å². The maximum absolute atomic E-state index is 5.09. The number of fused-ring (bicyclic) bond motifs is 1. The molecule has 2 aromatic rings. The van der Waals surface area contributed by atoms with Gasteiger partial charge in [-0.05, 0) is 32.0 Å². The van der Waals surface area contributed by atoms with E-state index in [2.05, 4.69) is 69.9 Å². The second-order valence-electron chi connectivity index (χ2n) is 6.09. The summed E-state index contributed by atoms with van der Waals surface area (Å²) < 4.78 is 5.09. The maximum Gasteiger partial charge on any atom is 0.191 e. The number of ether oxygens (including phenoxy) is 1. The van der Waals surface area contributed by atoms with E-state index in [1.807, 2.05) is 0 Å². The van der Waals surface area contributed by atoms with E-state index in [1.54, 1.807) is 7.11 Å². The summed E-state index contributed by atoms with van der Waals surface area (Å²) in [5, 5.41) is 8.02. The number of guanidine groups is 1. The van der Waals surface area contributed by atoms with Crippen molar-refractivity contribution in [1.29, 1.82) is 0 Å². The Hall–Kier alpha value is -2.05. The first-order chi connectivity index (χ1) is 12.2. The number of aromatic nitrogens is 1. The quantitative estimate of drug-likeness (QED) is 0.454. The highest BCUT2D eigenvalue weighted by atomic mass is 16.5. The molecule has 0 radical (unpaired) electrons. The van der Waals surface area contributed by atoms with Crippen LogP contribution in [0.15, 0.2) is 35.5 Å². The Kier molecular flexibility index (Phi) is 8.28. The van der Waals surface area contributed by atoms with Crippen molar-refractivity contribution >= 4 is 16.9 Å². The van der Waals surface area contributed by atoms with Gasteiger partial charge in [0.25, 0.3) is 0 Å². The van der Waals surface area contributed by atoms with E-state index in [0.29, 0.717) is 0 Å². The number of likely N-dealkylation sites (N-methyl/N-ethyl adjacent to an activating group) is 1. The average molecular weight is 345 g/mol. The second kappa shape index (κ2) is 10.7. The molecule has 0 atom stereocenters. The lowest BCUT2D eigenvalue weighted by molar-refractivity contribution is 0.163. The SMILES string of the molecule is CCNC(=NCCN(C)CCOC)NCCc1c[nH]c2ccccc12. The van der Waals surface area contributed by atoms with E-state index in [0.717, 1.165) is 51.7 Å². The minimum absolute atomic E-state index is 0.753. The Morgan fingerprint density at radius 1 is 1.24 bits per heavy atom. The highest BCUT2D eigenvalue weighted by Crippen LogP contribution is 2.17. The third-order valence-corrected chi connectivity index (χ3v) is 4.13. The highest BCUT2D eigenvalue weighted by Gasteiger charge is 2.04. The Balaban J connectivity index is 1.79. The number of H-pyrrole nitrogens is 1. The van der Waals surface area contributed by atoms with E-state index in [1.165, 1.54) is 16.5 Å². The third-order valence-electron chi connectivity index (χ3n) is 4.13. The van der Waals surface area contributed by atoms with Crippen molar-refractivity contribution < 1.29 is 4.74 Å². The smallest absolute Gasteiger partial charge is 0.191 e. The maximum atomic E-state index is 5.09. The number of aliphatic imine (C=N–C) groups is 1. The molecule has 1 aromatic carbocycles. The molecule has 0 aliphatic carbocycles. The van der Waals surface area contributed by atoms with Gasteiger partial charge in [0.05, 0.1) is 13.2 Å². The van der Waals surface area contributed by atoms with Crippen LogP contribution in [0.25, 0.3) is 10.9 Å². The first-order valence-corrected chi connectivity index (χ1v) is 8.99. The van der Waals surface area contributed by atoms with Crippen LogP contribution in [0.4, 0.5) is 0 Å². The lowest BCUT2D eigenvalue weighted by Gasteiger charge is -2.15. The van der Waals surface area contributed by atoms with Gasteiger partial charge >= 0.3 is 0 Å². The van der Waals surface area contributed by atoms with E-state index in [-0.39, 0.29) is 0 Å². The van der Waals surface area contributed by atoms with Gasteiger partial charge in [0, 0.05) is 50.4 Å². The van der Waals surface area contributed by atoms with Crippen LogP contribution in [-0.4, -0.2) is 69.3 Å². The number of para-hydroxylation sites is 1. The lowest BCUT2D eigenvalue weighted by Crippen LogP contribution is -2.39. The van der Waals surface area contributed by atoms with Crippen molar-refractivity contribution in [2.75, 3.05) is 53.5 Å². The van der Waals surface area contributed by atoms with Crippen LogP contribution in [0.3, 0.4) is 0 Å². The summed E-state index contributed by atoms with van der Waals surface area (Å²) in [6.07, 6.45) is 3.06. The number of nitrogens with zero attached hydrogens (tertiary/aromatic N) is 2. The molecule has 138 valence electrons. The molecule has 0 bridgehead atoms. The van der Waals surface area contributed by atoms with E-state index in [9.17, 15) is 0 Å². The molecule has 0 aliphatic heterocycles. The van der Waals surface area contributed by atoms with Crippen molar-refractivity contribution in [3.63, 3.8) is 0 Å². The van der Waals surface area contributed by atoms with Crippen molar-refractivity contribution in [3.8, 4) is 0 Å². The number of hydrogen-bond donors (Lipinski definition) is 3. The molecule has 0 saturated carbocycles. The Morgan fingerprint density at radius 3 is 2.88 bits per heavy atom. The monoisotopic (exact) mass is 345 g/mol. The standard InChI is InChI=1S/C19H31N5O/c1-4-20-19(22-11-12-24(2)13-14-25-3)21-10-9-16-15-23-18-8-6-5-7-17(16)18/h5-8,15,23H,4,9-14H2,1-3H3,(H2,20,21,22). The molecular weight excluding hydrogens is 314 g/mol. The Labute approximate surface area is 150 Å². The molecule has 2 rings (SSSR count). The van der Waals surface area contributed by atoms with Gasteiger partial charge in [-0.2, -0.15) is 0 Å². The minimum atomic E-state index is 0.753. The first kappa shape index (κ1) is 19.3. The molecule has 0 spiro atoms. The van der Waals surface area contributed by atoms with Crippen molar-refractivity contribution in [2.24, 2.45) is 4.99 Å². The fourth-order valence-corrected chi connectivity index (χ4v) is 2.69. The molecule has 6 heteroatoms. The molecule has 6 nitrogen and oxygen atoms in total. The van der Waals surface area contributed by atoms with Crippen molar-refractivity contribution in [1.82, 2.24) is 20.5 Å². The molecule has 1 heterocycles. The molecule has 0 fully saturated rings. The fraction of sp³-hybridized carbons (Fsp3) is 0.526. The Morgan fingerprint density at radius 2 is 2.08 bits per heavy atom. The van der Waals surface area contributed by atoms with Gasteiger partial charge in [-0.1, -0.05) is 18.2 Å². The lowest BCUT2D eigenvalue weighted by atomic mass is 10.1. The van der Waals surface area contributed by atoms with Crippen LogP contribution < -0.4 is 10.6 Å². The summed E-state index contributed by atoms with van der Waals surface area (Å²) >= 11 is 0. The normalized spacial score (nSPS) is 12.1. The summed E-state index contributed by atoms with van der Waals surface area (Å²) in [4.78, 5) is 10.2. The van der Waals surface area contributed by atoms with Crippen LogP contribution in [0.5, 0.6) is 0 Å². The fourth-order valence-electron chi connectivity index (χ4n) is 2.69. The van der Waals surface area contributed by atoms with E-state index < -0.39 is 0 Å². The molecule has 1 aromatic heterocycles. The zero-order valence-corrected chi connectivity index (χ0v) is 15.6. The largest absolute Gasteiger partial charge is 0.383 e. The van der Waals surface area contributed by atoms with Gasteiger partial charge in [-0.3, -0.25) is 4.99 Å². The number of nitrogens with one attached hydrogen (secondary N) is 3. The molecule has 0 saturated heterocycles. The zero-order valence-electron chi connectivity index (χ0n) is 15.6. The van der Waals surface area contributed by atoms with Crippen LogP contribution in [0.1, 0.15) is 12.5 Å². The summed E-state index contributed by atoms with van der Waals surface area (Å²) in [5.74, 6) is 0.877. The van der Waals surface area contributed by atoms with Crippen LogP contribution >= 0.6 is 0 Å². The number of rotatable bonds is 10. The van der Waals surface area contributed by atoms with Crippen molar-refractivity contribution in [2.45, 2.75) is 13.3 Å². The van der Waals surface area contributed by atoms with Crippen molar-refractivity contribution in [3.05, 3.63) is 36.0 Å². The second-order valence-corrected chi connectivity index (χ2v) is 6.09. The summed E-state index contributed by atoms with van der Waals surface area (Å²) in [7, 11) is 3.82. The minimum Gasteiger partial charge on any atom is -0.383 e. The molecular formula is C19H31N5O. The van der Waals surface area contributed by atoms with Gasteiger partial charge in [0.1, 0.15) is 0 Å². The number of hydrogen-bond acceptors (Lipinski definition) is 3. The summed E-state index contributed by atoms with van der Waals surface area (Å²) in [5.41, 5.74) is 2.52. The summed E-state index contributed by atoms with van der Waals surface area (Å²) in [6.45, 7) is 7.16. The molecule has 3 N–H and O–H groups in total. The molecule has 0 amide bonds. The predicted molar refractivity (Wildman–Crippen MR) is 105 cm³/mol. The van der Waals surface area contributed by atoms with Gasteiger partial charge < -0.3 is 25.3 Å². The van der Waals surface area contributed by atoms with Crippen LogP contribution in [0.2, 0.25) is 0 Å². The van der Waals surface area contributed by atoms with E-state index in [4.69, 9.17) is 4.74 Å². The highest BCUT2D eigenvalue weighted by molar-refractivity contribution is 5.83. The van der Waals surface area contributed by atoms with E-state index >= 15 is 0 Å². The average Bonchev–Trinajstić information content (AvgIpc) is 3.03. The van der Waals surface area contributed by atoms with Gasteiger partial charge in [-0.15, -0.1) is 0 Å². The van der Waals surface area contributed by atoms with Crippen LogP contribution in [-0.2, 0) is 11.2 Å². The van der Waals surface area contributed by atoms with Gasteiger partial charge in [-0.25, -0.2) is 0 Å². The number of aromatic amines is 1. The van der Waals surface area contributed by atoms with Gasteiger partial charge in [0.15, 0.2) is 5.96 Å². The third kappa shape index (κ3) is 6.40.